The van der Waals surface area contributed by atoms with Crippen molar-refractivity contribution in [1.82, 2.24) is 4.57 Å². The number of hydrogen-bond donors (Lipinski definition) is 0. The van der Waals surface area contributed by atoms with E-state index >= 15 is 0 Å². The average molecular weight is 317 g/mol. The molecular weight excluding hydrogens is 298 g/mol. The van der Waals surface area contributed by atoms with Crippen LogP contribution in [0.4, 0.5) is 0 Å². The van der Waals surface area contributed by atoms with Crippen molar-refractivity contribution in [2.24, 2.45) is 11.8 Å². The van der Waals surface area contributed by atoms with Gasteiger partial charge in [-0.15, -0.1) is 0 Å². The molecule has 0 rings (SSSR count). The van der Waals surface area contributed by atoms with E-state index in [-0.39, 0.29) is 0 Å². The monoisotopic (exact) mass is 315 g/mol. The molecule has 74 valence electrons. The summed E-state index contributed by atoms with van der Waals surface area (Å²) in [6, 6.07) is 0. The third kappa shape index (κ3) is 6.63. The molecule has 12 heavy (non-hydrogen) atoms. The van der Waals surface area contributed by atoms with E-state index < -0.39 is 6.20 Å². The number of rotatable bonds is 5. The first-order valence-corrected chi connectivity index (χ1v) is 11.3. The first-order valence-electron chi connectivity index (χ1n) is 4.45. The van der Waals surface area contributed by atoms with E-state index in [9.17, 15) is 0 Å². The van der Waals surface area contributed by atoms with Gasteiger partial charge in [0.25, 0.3) is 6.20 Å². The standard InChI is InChI=1S/C8H19Br2NSi/c1-7(2)5-11(12(9)10)6-8(3)4/h7-8,12H,5-6H2,1-4H3. The Bertz CT molecular complexity index is 108. The van der Waals surface area contributed by atoms with Crippen LogP contribution in [0.2, 0.25) is 0 Å². The minimum atomic E-state index is -0.939. The van der Waals surface area contributed by atoms with Crippen molar-refractivity contribution >= 4 is 36.8 Å². The Morgan fingerprint density at radius 2 is 1.33 bits per heavy atom. The van der Waals surface area contributed by atoms with Crippen LogP contribution in [-0.4, -0.2) is 23.9 Å². The first kappa shape index (κ1) is 13.1. The van der Waals surface area contributed by atoms with Gasteiger partial charge in [0.1, 0.15) is 0 Å². The van der Waals surface area contributed by atoms with Crippen molar-refractivity contribution < 1.29 is 0 Å². The SMILES string of the molecule is CC(C)CN(CC(C)C)[SiH](Br)Br. The summed E-state index contributed by atoms with van der Waals surface area (Å²) in [4.78, 5) is 0. The summed E-state index contributed by atoms with van der Waals surface area (Å²) in [6.07, 6.45) is -0.939. The highest BCUT2D eigenvalue weighted by Gasteiger charge is 2.16. The minimum absolute atomic E-state index is 0.758. The van der Waals surface area contributed by atoms with Crippen LogP contribution in [0.15, 0.2) is 0 Å². The molecular formula is C8H19Br2NSi. The van der Waals surface area contributed by atoms with Crippen molar-refractivity contribution in [3.8, 4) is 0 Å². The van der Waals surface area contributed by atoms with E-state index in [1.54, 1.807) is 0 Å². The van der Waals surface area contributed by atoms with Crippen molar-refractivity contribution in [1.29, 1.82) is 0 Å². The van der Waals surface area contributed by atoms with Gasteiger partial charge in [0.05, 0.1) is 0 Å². The van der Waals surface area contributed by atoms with Gasteiger partial charge in [0.15, 0.2) is 0 Å². The van der Waals surface area contributed by atoms with Crippen LogP contribution in [0.25, 0.3) is 0 Å². The molecule has 4 heteroatoms. The Morgan fingerprint density at radius 1 is 1.00 bits per heavy atom. The Hall–Kier alpha value is 1.14. The maximum Gasteiger partial charge on any atom is 0.257 e. The highest BCUT2D eigenvalue weighted by molar-refractivity contribution is 9.48. The molecule has 0 N–H and O–H groups in total. The third-order valence-electron chi connectivity index (χ3n) is 1.48. The smallest absolute Gasteiger partial charge is 0.257 e. The van der Waals surface area contributed by atoms with Gasteiger partial charge < -0.3 is 4.57 Å². The van der Waals surface area contributed by atoms with Crippen LogP contribution in [-0.2, 0) is 0 Å². The molecule has 0 heterocycles. The summed E-state index contributed by atoms with van der Waals surface area (Å²) in [7, 11) is 0. The van der Waals surface area contributed by atoms with Crippen molar-refractivity contribution in [2.45, 2.75) is 27.7 Å². The molecule has 0 aliphatic carbocycles. The molecule has 0 bridgehead atoms. The van der Waals surface area contributed by atoms with Gasteiger partial charge in [-0.2, -0.15) is 0 Å². The number of nitrogens with zero attached hydrogens (tertiary/aromatic N) is 1. The lowest BCUT2D eigenvalue weighted by molar-refractivity contribution is 0.349. The molecule has 0 unspecified atom stereocenters. The molecule has 0 atom stereocenters. The predicted molar refractivity (Wildman–Crippen MR) is 66.3 cm³/mol. The fourth-order valence-corrected chi connectivity index (χ4v) is 4.34. The normalized spacial score (nSPS) is 12.5. The second-order valence-corrected chi connectivity index (χ2v) is 14.2. The van der Waals surface area contributed by atoms with E-state index in [1.807, 2.05) is 0 Å². The molecule has 0 aliphatic rings. The Balaban J connectivity index is 3.87. The van der Waals surface area contributed by atoms with Crippen LogP contribution < -0.4 is 0 Å². The summed E-state index contributed by atoms with van der Waals surface area (Å²) in [5.41, 5.74) is 0. The van der Waals surface area contributed by atoms with Crippen LogP contribution in [0.5, 0.6) is 0 Å². The molecule has 0 aromatic carbocycles. The van der Waals surface area contributed by atoms with E-state index in [0.717, 1.165) is 11.8 Å². The van der Waals surface area contributed by atoms with Gasteiger partial charge in [0, 0.05) is 0 Å². The van der Waals surface area contributed by atoms with Crippen molar-refractivity contribution in [3.05, 3.63) is 0 Å². The van der Waals surface area contributed by atoms with E-state index in [2.05, 4.69) is 62.8 Å². The third-order valence-corrected chi connectivity index (χ3v) is 5.92. The molecule has 0 radical (unpaired) electrons. The largest absolute Gasteiger partial charge is 0.309 e. The van der Waals surface area contributed by atoms with Gasteiger partial charge in [-0.25, -0.2) is 0 Å². The summed E-state index contributed by atoms with van der Waals surface area (Å²) >= 11 is 7.36. The maximum atomic E-state index is 3.68. The van der Waals surface area contributed by atoms with Crippen LogP contribution >= 0.6 is 30.6 Å². The Kier molecular flexibility index (Phi) is 7.19. The average Bonchev–Trinajstić information content (AvgIpc) is 1.83. The fourth-order valence-electron chi connectivity index (χ4n) is 1.17. The van der Waals surface area contributed by atoms with Crippen LogP contribution in [0, 0.1) is 11.8 Å². The van der Waals surface area contributed by atoms with Crippen molar-refractivity contribution in [3.63, 3.8) is 0 Å². The topological polar surface area (TPSA) is 3.24 Å². The van der Waals surface area contributed by atoms with E-state index in [1.165, 1.54) is 13.1 Å². The molecule has 0 aliphatic heterocycles. The lowest BCUT2D eigenvalue weighted by Gasteiger charge is -2.26. The molecule has 1 nitrogen and oxygen atoms in total. The lowest BCUT2D eigenvalue weighted by Crippen LogP contribution is -2.36. The van der Waals surface area contributed by atoms with Gasteiger partial charge in [0.2, 0.25) is 0 Å². The Labute approximate surface area is 93.7 Å². The van der Waals surface area contributed by atoms with Gasteiger partial charge >= 0.3 is 0 Å². The molecule has 0 saturated heterocycles. The number of hydrogen-bond acceptors (Lipinski definition) is 1. The number of halogens is 2. The Morgan fingerprint density at radius 3 is 1.50 bits per heavy atom. The zero-order chi connectivity index (χ0) is 9.72. The summed E-state index contributed by atoms with van der Waals surface area (Å²) in [6.45, 7) is 11.5. The maximum absolute atomic E-state index is 3.68. The quantitative estimate of drug-likeness (QED) is 0.556. The zero-order valence-electron chi connectivity index (χ0n) is 8.35. The van der Waals surface area contributed by atoms with E-state index in [4.69, 9.17) is 0 Å². The second-order valence-electron chi connectivity index (χ2n) is 4.02. The molecule has 0 amide bonds. The molecule has 0 saturated carbocycles. The van der Waals surface area contributed by atoms with Gasteiger partial charge in [-0.05, 0) is 24.9 Å². The lowest BCUT2D eigenvalue weighted by atomic mass is 10.2. The van der Waals surface area contributed by atoms with Crippen molar-refractivity contribution in [2.75, 3.05) is 13.1 Å². The predicted octanol–water partition coefficient (Wildman–Crippen LogP) is 3.11. The van der Waals surface area contributed by atoms with E-state index in [0.29, 0.717) is 0 Å². The highest BCUT2D eigenvalue weighted by atomic mass is 79.9. The summed E-state index contributed by atoms with van der Waals surface area (Å²) in [5.74, 6) is 1.52. The van der Waals surface area contributed by atoms with Gasteiger partial charge in [-0.3, -0.25) is 0 Å². The van der Waals surface area contributed by atoms with Crippen LogP contribution in [0.1, 0.15) is 27.7 Å². The second kappa shape index (κ2) is 6.57. The summed E-state index contributed by atoms with van der Waals surface area (Å²) in [5, 5.41) is 0. The first-order chi connectivity index (χ1) is 5.43. The summed E-state index contributed by atoms with van der Waals surface area (Å²) < 4.78 is 2.54. The fraction of sp³-hybridized carbons (Fsp3) is 1.00. The molecule has 0 aromatic heterocycles. The molecule has 0 spiro atoms. The zero-order valence-corrected chi connectivity index (χ0v) is 12.7. The highest BCUT2D eigenvalue weighted by Crippen LogP contribution is 2.13. The van der Waals surface area contributed by atoms with Crippen LogP contribution in [0.3, 0.4) is 0 Å². The van der Waals surface area contributed by atoms with Gasteiger partial charge in [-0.1, -0.05) is 58.3 Å². The molecule has 0 aromatic rings. The minimum Gasteiger partial charge on any atom is -0.309 e. The molecule has 0 fully saturated rings.